The molecule has 53 heavy (non-hydrogen) atoms. The van der Waals surface area contributed by atoms with Gasteiger partial charge in [0.1, 0.15) is 28.8 Å². The van der Waals surface area contributed by atoms with Crippen LogP contribution < -0.4 is 9.47 Å². The zero-order valence-corrected chi connectivity index (χ0v) is 29.3. The molecule has 0 bridgehead atoms. The first-order chi connectivity index (χ1) is 26.0. The molecule has 0 amide bonds. The molecule has 0 unspecified atom stereocenters. The van der Waals surface area contributed by atoms with Crippen LogP contribution in [0.15, 0.2) is 170 Å². The first-order valence-corrected chi connectivity index (χ1v) is 17.8. The lowest BCUT2D eigenvalue weighted by Crippen LogP contribution is -2.25. The van der Waals surface area contributed by atoms with E-state index in [4.69, 9.17) is 14.5 Å². The van der Waals surface area contributed by atoms with E-state index in [-0.39, 0.29) is 5.41 Å². The van der Waals surface area contributed by atoms with Gasteiger partial charge in [-0.3, -0.25) is 4.57 Å². The number of fused-ring (bicyclic) bond motifs is 5. The molecule has 4 heterocycles. The molecular formula is C47H34N4O2. The maximum Gasteiger partial charge on any atom is 0.139 e. The Hall–Kier alpha value is -6.92. The number of aromatic nitrogens is 4. The molecule has 3 aromatic heterocycles. The minimum Gasteiger partial charge on any atom is -0.457 e. The summed E-state index contributed by atoms with van der Waals surface area (Å²) in [5.74, 6) is 4.13. The molecular weight excluding hydrogens is 653 g/mol. The average Bonchev–Trinajstić information content (AvgIpc) is 3.86. The highest BCUT2D eigenvalue weighted by atomic mass is 16.5. The summed E-state index contributed by atoms with van der Waals surface area (Å²) in [5, 5.41) is 6.58. The van der Waals surface area contributed by atoms with Crippen molar-refractivity contribution in [2.45, 2.75) is 19.3 Å². The monoisotopic (exact) mass is 686 g/mol. The second-order valence-electron chi connectivity index (χ2n) is 13.9. The van der Waals surface area contributed by atoms with E-state index in [9.17, 15) is 0 Å². The lowest BCUT2D eigenvalue weighted by atomic mass is 9.74. The van der Waals surface area contributed by atoms with Crippen molar-refractivity contribution in [2.75, 3.05) is 0 Å². The zero-order valence-electron chi connectivity index (χ0n) is 29.3. The molecule has 0 N–H and O–H groups in total. The van der Waals surface area contributed by atoms with Crippen molar-refractivity contribution in [3.63, 3.8) is 0 Å². The Morgan fingerprint density at radius 3 is 2.06 bits per heavy atom. The summed E-state index contributed by atoms with van der Waals surface area (Å²) in [5.41, 5.74) is 9.39. The average molecular weight is 687 g/mol. The van der Waals surface area contributed by atoms with Crippen molar-refractivity contribution in [3.05, 3.63) is 181 Å². The Labute approximate surface area is 307 Å². The van der Waals surface area contributed by atoms with Crippen LogP contribution >= 0.6 is 0 Å². The molecule has 9 aromatic rings. The van der Waals surface area contributed by atoms with Gasteiger partial charge in [0.25, 0.3) is 0 Å². The van der Waals surface area contributed by atoms with Crippen LogP contribution in [0.5, 0.6) is 23.0 Å². The predicted molar refractivity (Wildman–Crippen MR) is 212 cm³/mol. The topological polar surface area (TPSA) is 54.1 Å². The molecule has 6 nitrogen and oxygen atoms in total. The zero-order chi connectivity index (χ0) is 35.5. The minimum absolute atomic E-state index is 0.259. The maximum absolute atomic E-state index is 6.93. The molecule has 1 aliphatic heterocycles. The van der Waals surface area contributed by atoms with Gasteiger partial charge in [-0.25, -0.2) is 9.67 Å². The van der Waals surface area contributed by atoms with E-state index in [1.807, 2.05) is 59.5 Å². The van der Waals surface area contributed by atoms with Gasteiger partial charge in [-0.15, -0.1) is 0 Å². The molecule has 6 aromatic carbocycles. The fraction of sp³-hybridized carbons (Fsp3) is 0.0638. The molecule has 0 aliphatic carbocycles. The summed E-state index contributed by atoms with van der Waals surface area (Å²) in [6.07, 6.45) is 5.65. The Bertz CT molecular complexity index is 2800. The number of pyridine rings is 1. The SMILES string of the molecule is CC1(C)c2cccc(-c3ccccc3)c2Oc2c(-c3ccc(-n4c5ccccc5c5cc(Oc6cccc(-n7cccn7)c6)ccc54)nc3)cccc21. The number of nitrogens with zero attached hydrogens (tertiary/aromatic N) is 4. The summed E-state index contributed by atoms with van der Waals surface area (Å²) in [7, 11) is 0. The van der Waals surface area contributed by atoms with Crippen molar-refractivity contribution in [2.24, 2.45) is 0 Å². The first-order valence-electron chi connectivity index (χ1n) is 17.8. The van der Waals surface area contributed by atoms with Crippen LogP contribution in [0, 0.1) is 0 Å². The number of para-hydroxylation sites is 3. The Morgan fingerprint density at radius 1 is 0.585 bits per heavy atom. The summed E-state index contributed by atoms with van der Waals surface area (Å²) in [6.45, 7) is 4.56. The molecule has 1 aliphatic rings. The van der Waals surface area contributed by atoms with Crippen molar-refractivity contribution in [3.8, 4) is 56.8 Å². The molecule has 0 fully saturated rings. The number of rotatable bonds is 6. The standard InChI is InChI=1S/C47H34N4O2/c1-47(2)40-19-9-17-36(31-12-4-3-5-13-31)45(40)53-46-37(18-10-20-41(46)47)32-22-25-44(48-30-32)51-42-21-7-6-16-38(42)39-29-35(23-24-43(39)51)52-34-15-8-14-33(28-34)50-27-11-26-49-50/h3-30H,1-2H3. The highest BCUT2D eigenvalue weighted by Crippen LogP contribution is 2.53. The van der Waals surface area contributed by atoms with E-state index < -0.39 is 0 Å². The van der Waals surface area contributed by atoms with Gasteiger partial charge in [0, 0.05) is 68.7 Å². The molecule has 0 saturated carbocycles. The lowest BCUT2D eigenvalue weighted by molar-refractivity contribution is 0.421. The fourth-order valence-corrected chi connectivity index (χ4v) is 7.78. The van der Waals surface area contributed by atoms with Gasteiger partial charge in [0.2, 0.25) is 0 Å². The van der Waals surface area contributed by atoms with Crippen LogP contribution in [0.4, 0.5) is 0 Å². The third-order valence-corrected chi connectivity index (χ3v) is 10.4. The third-order valence-electron chi connectivity index (χ3n) is 10.4. The molecule has 10 rings (SSSR count). The molecule has 254 valence electrons. The second kappa shape index (κ2) is 12.1. The number of ether oxygens (including phenoxy) is 2. The van der Waals surface area contributed by atoms with Crippen molar-refractivity contribution in [1.82, 2.24) is 19.3 Å². The van der Waals surface area contributed by atoms with Gasteiger partial charge in [-0.05, 0) is 60.2 Å². The van der Waals surface area contributed by atoms with E-state index in [0.29, 0.717) is 0 Å². The minimum atomic E-state index is -0.259. The third kappa shape index (κ3) is 5.10. The number of hydrogen-bond acceptors (Lipinski definition) is 4. The van der Waals surface area contributed by atoms with Gasteiger partial charge in [-0.2, -0.15) is 5.10 Å². The first kappa shape index (κ1) is 30.9. The van der Waals surface area contributed by atoms with Crippen molar-refractivity contribution >= 4 is 21.8 Å². The highest BCUT2D eigenvalue weighted by Gasteiger charge is 2.37. The summed E-state index contributed by atoms with van der Waals surface area (Å²) in [6, 6.07) is 52.2. The van der Waals surface area contributed by atoms with Gasteiger partial charge in [0.05, 0.1) is 16.7 Å². The van der Waals surface area contributed by atoms with Crippen LogP contribution in [-0.4, -0.2) is 19.3 Å². The number of hydrogen-bond donors (Lipinski definition) is 0. The van der Waals surface area contributed by atoms with Crippen LogP contribution in [0.1, 0.15) is 25.0 Å². The molecule has 0 spiro atoms. The Balaban J connectivity index is 1.02. The predicted octanol–water partition coefficient (Wildman–Crippen LogP) is 11.9. The van der Waals surface area contributed by atoms with Gasteiger partial charge in [-0.1, -0.05) is 105 Å². The normalized spacial score (nSPS) is 13.0. The maximum atomic E-state index is 6.93. The highest BCUT2D eigenvalue weighted by molar-refractivity contribution is 6.09. The van der Waals surface area contributed by atoms with Crippen LogP contribution in [0.2, 0.25) is 0 Å². The molecule has 6 heteroatoms. The summed E-state index contributed by atoms with van der Waals surface area (Å²) >= 11 is 0. The quantitative estimate of drug-likeness (QED) is 0.175. The van der Waals surface area contributed by atoms with Crippen LogP contribution in [0.25, 0.3) is 55.6 Å². The van der Waals surface area contributed by atoms with Gasteiger partial charge >= 0.3 is 0 Å². The Morgan fingerprint density at radius 2 is 1.30 bits per heavy atom. The van der Waals surface area contributed by atoms with E-state index >= 15 is 0 Å². The number of benzene rings is 6. The van der Waals surface area contributed by atoms with Crippen LogP contribution in [-0.2, 0) is 5.41 Å². The van der Waals surface area contributed by atoms with E-state index in [1.54, 1.807) is 6.20 Å². The summed E-state index contributed by atoms with van der Waals surface area (Å²) < 4.78 is 17.4. The van der Waals surface area contributed by atoms with Crippen molar-refractivity contribution < 1.29 is 9.47 Å². The van der Waals surface area contributed by atoms with Gasteiger partial charge < -0.3 is 9.47 Å². The van der Waals surface area contributed by atoms with Crippen molar-refractivity contribution in [1.29, 1.82) is 0 Å². The summed E-state index contributed by atoms with van der Waals surface area (Å²) in [4.78, 5) is 5.08. The fourth-order valence-electron chi connectivity index (χ4n) is 7.78. The second-order valence-corrected chi connectivity index (χ2v) is 13.9. The van der Waals surface area contributed by atoms with Gasteiger partial charge in [0.15, 0.2) is 0 Å². The molecule has 0 radical (unpaired) electrons. The Kier molecular flexibility index (Phi) is 7.05. The van der Waals surface area contributed by atoms with Crippen LogP contribution in [0.3, 0.4) is 0 Å². The smallest absolute Gasteiger partial charge is 0.139 e. The van der Waals surface area contributed by atoms with E-state index in [0.717, 1.165) is 84.1 Å². The van der Waals surface area contributed by atoms with E-state index in [2.05, 4.69) is 133 Å². The molecule has 0 atom stereocenters. The largest absolute Gasteiger partial charge is 0.457 e. The lowest BCUT2D eigenvalue weighted by Gasteiger charge is -2.36. The van der Waals surface area contributed by atoms with E-state index in [1.165, 1.54) is 5.56 Å². The molecule has 0 saturated heterocycles.